The Hall–Kier alpha value is -1.00. The van der Waals surface area contributed by atoms with E-state index in [4.69, 9.17) is 9.47 Å². The number of rotatable bonds is 3. The van der Waals surface area contributed by atoms with Crippen LogP contribution in [0.3, 0.4) is 0 Å². The van der Waals surface area contributed by atoms with Crippen LogP contribution in [0.15, 0.2) is 11.1 Å². The summed E-state index contributed by atoms with van der Waals surface area (Å²) in [5.41, 5.74) is 0.924. The Kier molecular flexibility index (Phi) is 4.82. The van der Waals surface area contributed by atoms with E-state index < -0.39 is 10.0 Å². The summed E-state index contributed by atoms with van der Waals surface area (Å²) in [5, 5.41) is 4.47. The van der Waals surface area contributed by atoms with E-state index in [2.05, 4.69) is 10.00 Å². The van der Waals surface area contributed by atoms with Crippen LogP contribution in [0.4, 0.5) is 0 Å². The summed E-state index contributed by atoms with van der Waals surface area (Å²) in [6.45, 7) is 7.67. The molecule has 9 heteroatoms. The van der Waals surface area contributed by atoms with Gasteiger partial charge in [0.1, 0.15) is 0 Å². The van der Waals surface area contributed by atoms with Crippen LogP contribution in [0.5, 0.6) is 0 Å². The molecule has 29 heavy (non-hydrogen) atoms. The molecule has 2 atom stereocenters. The molecule has 0 radical (unpaired) electrons. The van der Waals surface area contributed by atoms with Gasteiger partial charge in [-0.25, -0.2) is 8.42 Å². The van der Waals surface area contributed by atoms with Crippen molar-refractivity contribution < 1.29 is 17.9 Å². The molecule has 0 N–H and O–H groups in total. The van der Waals surface area contributed by atoms with Crippen molar-refractivity contribution in [2.75, 3.05) is 46.0 Å². The van der Waals surface area contributed by atoms with Gasteiger partial charge in [0.15, 0.2) is 5.03 Å². The Balaban J connectivity index is 1.21. The minimum absolute atomic E-state index is 0.166. The number of piperidine rings is 1. The summed E-state index contributed by atoms with van der Waals surface area (Å²) in [5.74, 6) is 0. The van der Waals surface area contributed by atoms with Crippen molar-refractivity contribution in [3.8, 4) is 0 Å². The Bertz CT molecular complexity index is 869. The van der Waals surface area contributed by atoms with E-state index in [0.717, 1.165) is 57.9 Å². The number of ether oxygens (including phenoxy) is 2. The van der Waals surface area contributed by atoms with E-state index in [1.54, 1.807) is 17.4 Å². The van der Waals surface area contributed by atoms with Crippen LogP contribution in [0.1, 0.15) is 37.8 Å². The predicted octanol–water partition coefficient (Wildman–Crippen LogP) is 1.15. The molecule has 0 saturated carbocycles. The van der Waals surface area contributed by atoms with Gasteiger partial charge in [0.05, 0.1) is 24.5 Å². The van der Waals surface area contributed by atoms with Gasteiger partial charge in [-0.1, -0.05) is 0 Å². The zero-order valence-corrected chi connectivity index (χ0v) is 18.3. The highest BCUT2D eigenvalue weighted by Gasteiger charge is 2.49. The SMILES string of the molecule is Cc1cc(S(=O)(=O)N2CCC3(CC2)C[C@@H](N2CC[C@]4(CCOC4)C2)CO3)n(C)n1. The first-order valence-electron chi connectivity index (χ1n) is 10.8. The fourth-order valence-electron chi connectivity index (χ4n) is 5.75. The molecule has 162 valence electrons. The van der Waals surface area contributed by atoms with Crippen molar-refractivity contribution in [1.82, 2.24) is 19.0 Å². The second kappa shape index (κ2) is 7.02. The van der Waals surface area contributed by atoms with Crippen LogP contribution in [0.25, 0.3) is 0 Å². The Labute approximate surface area is 173 Å². The van der Waals surface area contributed by atoms with Gasteiger partial charge in [-0.15, -0.1) is 0 Å². The van der Waals surface area contributed by atoms with Crippen LogP contribution in [-0.2, 0) is 26.5 Å². The Morgan fingerprint density at radius 3 is 2.62 bits per heavy atom. The lowest BCUT2D eigenvalue weighted by atomic mass is 9.86. The minimum atomic E-state index is -3.51. The molecule has 4 saturated heterocycles. The molecule has 0 aromatic carbocycles. The molecule has 1 aromatic heterocycles. The predicted molar refractivity (Wildman–Crippen MR) is 107 cm³/mol. The average Bonchev–Trinajstić information content (AvgIpc) is 3.46. The fourth-order valence-corrected chi connectivity index (χ4v) is 7.37. The zero-order valence-electron chi connectivity index (χ0n) is 17.5. The van der Waals surface area contributed by atoms with Crippen molar-refractivity contribution in [3.63, 3.8) is 0 Å². The highest BCUT2D eigenvalue weighted by Crippen LogP contribution is 2.43. The molecule has 0 aliphatic carbocycles. The molecule has 5 heterocycles. The third-order valence-corrected chi connectivity index (χ3v) is 9.51. The first kappa shape index (κ1) is 19.9. The van der Waals surface area contributed by atoms with Gasteiger partial charge in [-0.05, 0) is 51.6 Å². The van der Waals surface area contributed by atoms with E-state index in [1.165, 1.54) is 17.5 Å². The van der Waals surface area contributed by atoms with Crippen LogP contribution in [0, 0.1) is 12.3 Å². The van der Waals surface area contributed by atoms with E-state index >= 15 is 0 Å². The zero-order chi connectivity index (χ0) is 20.3. The number of nitrogens with zero attached hydrogens (tertiary/aromatic N) is 4. The number of sulfonamides is 1. The summed E-state index contributed by atoms with van der Waals surface area (Å²) in [4.78, 5) is 2.60. The van der Waals surface area contributed by atoms with Gasteiger partial charge in [-0.3, -0.25) is 9.58 Å². The normalized spacial score (nSPS) is 33.4. The summed E-state index contributed by atoms with van der Waals surface area (Å²) >= 11 is 0. The van der Waals surface area contributed by atoms with Crippen molar-refractivity contribution in [3.05, 3.63) is 11.8 Å². The van der Waals surface area contributed by atoms with Gasteiger partial charge in [0.25, 0.3) is 10.0 Å². The van der Waals surface area contributed by atoms with Gasteiger partial charge in [0, 0.05) is 44.7 Å². The molecular formula is C20H32N4O4S. The van der Waals surface area contributed by atoms with Gasteiger partial charge in [0.2, 0.25) is 0 Å². The summed E-state index contributed by atoms with van der Waals surface area (Å²) in [6.07, 6.45) is 4.96. The molecule has 2 spiro atoms. The smallest absolute Gasteiger partial charge is 0.260 e. The number of aromatic nitrogens is 2. The summed E-state index contributed by atoms with van der Waals surface area (Å²) < 4.78 is 41.2. The maximum Gasteiger partial charge on any atom is 0.260 e. The van der Waals surface area contributed by atoms with Crippen LogP contribution in [0.2, 0.25) is 0 Å². The molecule has 4 fully saturated rings. The maximum atomic E-state index is 13.0. The molecule has 0 amide bonds. The van der Waals surface area contributed by atoms with E-state index in [9.17, 15) is 8.42 Å². The van der Waals surface area contributed by atoms with Gasteiger partial charge < -0.3 is 9.47 Å². The van der Waals surface area contributed by atoms with Crippen molar-refractivity contribution in [2.24, 2.45) is 12.5 Å². The molecule has 1 aromatic rings. The second-order valence-corrected chi connectivity index (χ2v) is 11.4. The molecule has 4 aliphatic heterocycles. The van der Waals surface area contributed by atoms with Crippen LogP contribution in [-0.4, -0.2) is 85.0 Å². The number of likely N-dealkylation sites (tertiary alicyclic amines) is 1. The first-order valence-corrected chi connectivity index (χ1v) is 12.2. The molecular weight excluding hydrogens is 392 g/mol. The van der Waals surface area contributed by atoms with Gasteiger partial charge in [-0.2, -0.15) is 9.40 Å². The minimum Gasteiger partial charge on any atom is -0.381 e. The third kappa shape index (κ3) is 3.44. The molecule has 0 unspecified atom stereocenters. The molecule has 5 rings (SSSR count). The Morgan fingerprint density at radius 1 is 1.17 bits per heavy atom. The fraction of sp³-hybridized carbons (Fsp3) is 0.850. The lowest BCUT2D eigenvalue weighted by Crippen LogP contribution is -2.47. The van der Waals surface area contributed by atoms with Crippen LogP contribution >= 0.6 is 0 Å². The largest absolute Gasteiger partial charge is 0.381 e. The maximum absolute atomic E-state index is 13.0. The van der Waals surface area contributed by atoms with E-state index in [-0.39, 0.29) is 10.6 Å². The van der Waals surface area contributed by atoms with Crippen LogP contribution < -0.4 is 0 Å². The van der Waals surface area contributed by atoms with E-state index in [1.807, 2.05) is 6.92 Å². The monoisotopic (exact) mass is 424 g/mol. The highest BCUT2D eigenvalue weighted by molar-refractivity contribution is 7.89. The van der Waals surface area contributed by atoms with Gasteiger partial charge >= 0.3 is 0 Å². The lowest BCUT2D eigenvalue weighted by Gasteiger charge is -2.38. The number of hydrogen-bond donors (Lipinski definition) is 0. The highest BCUT2D eigenvalue weighted by atomic mass is 32.2. The van der Waals surface area contributed by atoms with E-state index in [0.29, 0.717) is 24.5 Å². The summed E-state index contributed by atoms with van der Waals surface area (Å²) in [6, 6.07) is 2.11. The van der Waals surface area contributed by atoms with Crippen molar-refractivity contribution >= 4 is 10.0 Å². The standard InChI is InChI=1S/C20H32N4O4S/c1-16-11-18(22(2)21-16)29(25,26)24-8-4-20(5-9-24)12-17(13-28-20)23-7-3-19(14-23)6-10-27-15-19/h11,17H,3-10,12-15H2,1-2H3/t17-,19+/m1/s1. The number of hydrogen-bond acceptors (Lipinski definition) is 6. The Morgan fingerprint density at radius 2 is 1.97 bits per heavy atom. The molecule has 4 aliphatic rings. The van der Waals surface area contributed by atoms with Crippen molar-refractivity contribution in [1.29, 1.82) is 0 Å². The van der Waals surface area contributed by atoms with Crippen molar-refractivity contribution in [2.45, 2.75) is 55.7 Å². The topological polar surface area (TPSA) is 76.9 Å². The average molecular weight is 425 g/mol. The molecule has 0 bridgehead atoms. The summed E-state index contributed by atoms with van der Waals surface area (Å²) in [7, 11) is -1.82. The first-order chi connectivity index (χ1) is 13.8. The second-order valence-electron chi connectivity index (χ2n) is 9.53. The third-order valence-electron chi connectivity index (χ3n) is 7.56. The quantitative estimate of drug-likeness (QED) is 0.725. The number of aryl methyl sites for hydroxylation is 2. The lowest BCUT2D eigenvalue weighted by molar-refractivity contribution is -0.0317. The molecule has 8 nitrogen and oxygen atoms in total.